The Morgan fingerprint density at radius 2 is 0.810 bits per heavy atom. The summed E-state index contributed by atoms with van der Waals surface area (Å²) in [5, 5.41) is 9.97. The quantitative estimate of drug-likeness (QED) is 0.175. The van der Waals surface area contributed by atoms with E-state index in [9.17, 15) is 5.26 Å². The highest BCUT2D eigenvalue weighted by Crippen LogP contribution is 2.62. The van der Waals surface area contributed by atoms with Crippen LogP contribution in [0.1, 0.15) is 27.8 Å². The van der Waals surface area contributed by atoms with Crippen LogP contribution in [-0.4, -0.2) is 15.0 Å². The molecule has 1 aromatic heterocycles. The molecule has 2 aliphatic rings. The summed E-state index contributed by atoms with van der Waals surface area (Å²) >= 11 is 1.75. The van der Waals surface area contributed by atoms with Crippen LogP contribution >= 0.6 is 11.8 Å². The molecule has 1 spiro atoms. The third-order valence-electron chi connectivity index (χ3n) is 11.4. The van der Waals surface area contributed by atoms with Gasteiger partial charge in [-0.25, -0.2) is 15.0 Å². The van der Waals surface area contributed by atoms with Gasteiger partial charge in [-0.15, -0.1) is 0 Å². The Morgan fingerprint density at radius 1 is 0.362 bits per heavy atom. The molecule has 11 rings (SSSR count). The zero-order chi connectivity index (χ0) is 38.6. The SMILES string of the molecule is N#Cc1ccc2c(c1)Sc1cc(-c3cccc(-c4nc(-c5ccccc5)nc(-c5cccc(-c6ccccc6)c5)n4)c3)ccc1C21c2ccccc2-c2ccccc21. The van der Waals surface area contributed by atoms with E-state index in [0.717, 1.165) is 43.8 Å². The molecule has 58 heavy (non-hydrogen) atoms. The van der Waals surface area contributed by atoms with Gasteiger partial charge in [0.2, 0.25) is 0 Å². The zero-order valence-electron chi connectivity index (χ0n) is 31.2. The van der Waals surface area contributed by atoms with E-state index < -0.39 is 5.41 Å². The summed E-state index contributed by atoms with van der Waals surface area (Å²) in [6, 6.07) is 70.4. The van der Waals surface area contributed by atoms with Gasteiger partial charge in [0.05, 0.1) is 17.0 Å². The van der Waals surface area contributed by atoms with E-state index in [0.29, 0.717) is 23.0 Å². The maximum atomic E-state index is 9.97. The van der Waals surface area contributed by atoms with Gasteiger partial charge in [0.15, 0.2) is 17.5 Å². The number of nitrogens with zero attached hydrogens (tertiary/aromatic N) is 4. The Labute approximate surface area is 341 Å². The highest BCUT2D eigenvalue weighted by molar-refractivity contribution is 7.99. The Hall–Kier alpha value is -7.39. The van der Waals surface area contributed by atoms with Gasteiger partial charge in [-0.2, -0.15) is 5.26 Å². The predicted molar refractivity (Wildman–Crippen MR) is 233 cm³/mol. The normalized spacial score (nSPS) is 12.9. The third kappa shape index (κ3) is 5.42. The molecule has 2 heterocycles. The van der Waals surface area contributed by atoms with Crippen molar-refractivity contribution in [1.29, 1.82) is 5.26 Å². The second kappa shape index (κ2) is 13.7. The first kappa shape index (κ1) is 33.9. The molecule has 0 bridgehead atoms. The van der Waals surface area contributed by atoms with Crippen LogP contribution in [0.2, 0.25) is 0 Å². The molecule has 0 saturated carbocycles. The van der Waals surface area contributed by atoms with Gasteiger partial charge in [-0.05, 0) is 86.0 Å². The predicted octanol–water partition coefficient (Wildman–Crippen LogP) is 12.9. The third-order valence-corrected chi connectivity index (χ3v) is 12.5. The van der Waals surface area contributed by atoms with Crippen molar-refractivity contribution in [3.63, 3.8) is 0 Å². The summed E-state index contributed by atoms with van der Waals surface area (Å²) < 4.78 is 0. The van der Waals surface area contributed by atoms with Crippen molar-refractivity contribution in [2.45, 2.75) is 15.2 Å². The van der Waals surface area contributed by atoms with Gasteiger partial charge in [0, 0.05) is 26.5 Å². The second-order valence-corrected chi connectivity index (χ2v) is 15.8. The molecule has 0 atom stereocenters. The highest BCUT2D eigenvalue weighted by Gasteiger charge is 2.50. The monoisotopic (exact) mass is 756 g/mol. The van der Waals surface area contributed by atoms with E-state index >= 15 is 0 Å². The minimum Gasteiger partial charge on any atom is -0.208 e. The van der Waals surface area contributed by atoms with E-state index in [2.05, 4.69) is 158 Å². The molecular formula is C53H32N4S. The lowest BCUT2D eigenvalue weighted by atomic mass is 9.67. The molecule has 5 heteroatoms. The Balaban J connectivity index is 1.05. The summed E-state index contributed by atoms with van der Waals surface area (Å²) in [6.07, 6.45) is 0. The number of benzene rings is 8. The zero-order valence-corrected chi connectivity index (χ0v) is 32.0. The fourth-order valence-corrected chi connectivity index (χ4v) is 10.1. The van der Waals surface area contributed by atoms with Crippen molar-refractivity contribution in [3.05, 3.63) is 222 Å². The van der Waals surface area contributed by atoms with Crippen molar-refractivity contribution in [1.82, 2.24) is 15.0 Å². The fraction of sp³-hybridized carbons (Fsp3) is 0.0189. The lowest BCUT2D eigenvalue weighted by Crippen LogP contribution is -2.32. The Morgan fingerprint density at radius 3 is 1.41 bits per heavy atom. The van der Waals surface area contributed by atoms with Gasteiger partial charge in [-0.3, -0.25) is 0 Å². The molecule has 4 nitrogen and oxygen atoms in total. The first-order valence-electron chi connectivity index (χ1n) is 19.3. The number of hydrogen-bond donors (Lipinski definition) is 0. The van der Waals surface area contributed by atoms with E-state index in [4.69, 9.17) is 15.0 Å². The summed E-state index contributed by atoms with van der Waals surface area (Å²) in [6.45, 7) is 0. The highest BCUT2D eigenvalue weighted by atomic mass is 32.2. The number of fused-ring (bicyclic) bond motifs is 9. The van der Waals surface area contributed by atoms with E-state index in [1.165, 1.54) is 38.3 Å². The molecule has 0 unspecified atom stereocenters. The van der Waals surface area contributed by atoms with Crippen LogP contribution in [0.15, 0.2) is 204 Å². The number of hydrogen-bond acceptors (Lipinski definition) is 5. The topological polar surface area (TPSA) is 62.5 Å². The van der Waals surface area contributed by atoms with Crippen molar-refractivity contribution < 1.29 is 0 Å². The first-order chi connectivity index (χ1) is 28.7. The van der Waals surface area contributed by atoms with Crippen LogP contribution in [-0.2, 0) is 5.41 Å². The summed E-state index contributed by atoms with van der Waals surface area (Å²) in [5.74, 6) is 1.86. The van der Waals surface area contributed by atoms with Crippen molar-refractivity contribution in [2.24, 2.45) is 0 Å². The van der Waals surface area contributed by atoms with Crippen LogP contribution in [0.25, 0.3) is 67.5 Å². The van der Waals surface area contributed by atoms with Crippen LogP contribution < -0.4 is 0 Å². The molecule has 1 aliphatic heterocycles. The lowest BCUT2D eigenvalue weighted by Gasteiger charge is -2.40. The van der Waals surface area contributed by atoms with E-state index in [1.54, 1.807) is 11.8 Å². The van der Waals surface area contributed by atoms with Crippen LogP contribution in [0.5, 0.6) is 0 Å². The van der Waals surface area contributed by atoms with Crippen LogP contribution in [0.4, 0.5) is 0 Å². The molecule has 0 radical (unpaired) electrons. The Bertz CT molecular complexity index is 3070. The average Bonchev–Trinajstić information content (AvgIpc) is 3.59. The van der Waals surface area contributed by atoms with Crippen molar-refractivity contribution in [3.8, 4) is 73.6 Å². The smallest absolute Gasteiger partial charge is 0.164 e. The fourth-order valence-electron chi connectivity index (χ4n) is 8.82. The minimum atomic E-state index is -0.510. The van der Waals surface area contributed by atoms with Gasteiger partial charge < -0.3 is 0 Å². The maximum absolute atomic E-state index is 9.97. The van der Waals surface area contributed by atoms with Gasteiger partial charge in [0.25, 0.3) is 0 Å². The average molecular weight is 757 g/mol. The molecule has 1 aliphatic carbocycles. The number of aromatic nitrogens is 3. The molecule has 0 saturated heterocycles. The molecular weight excluding hydrogens is 725 g/mol. The van der Waals surface area contributed by atoms with Crippen LogP contribution in [0.3, 0.4) is 0 Å². The summed E-state index contributed by atoms with van der Waals surface area (Å²) in [4.78, 5) is 17.5. The molecule has 270 valence electrons. The molecule has 9 aromatic rings. The van der Waals surface area contributed by atoms with E-state index in [1.807, 2.05) is 42.5 Å². The van der Waals surface area contributed by atoms with Crippen molar-refractivity contribution in [2.75, 3.05) is 0 Å². The number of rotatable bonds is 5. The maximum Gasteiger partial charge on any atom is 0.164 e. The molecule has 0 fully saturated rings. The first-order valence-corrected chi connectivity index (χ1v) is 20.1. The largest absolute Gasteiger partial charge is 0.208 e. The van der Waals surface area contributed by atoms with Gasteiger partial charge in [0.1, 0.15) is 0 Å². The number of nitriles is 1. The second-order valence-electron chi connectivity index (χ2n) is 14.7. The molecule has 8 aromatic carbocycles. The standard InChI is InChI=1S/C53H32N4S/c54-33-34-25-27-46-48(29-34)58-49-32-39(26-28-47(49)53(46)44-23-9-7-21-42(44)43-22-8-10-24-45(43)53)38-18-12-20-41(31-38)52-56-50(36-15-5-2-6-16-36)55-51(57-52)40-19-11-17-37(30-40)35-13-3-1-4-14-35/h1-32H. The lowest BCUT2D eigenvalue weighted by molar-refractivity contribution is 0.722. The minimum absolute atomic E-state index is 0.510. The van der Waals surface area contributed by atoms with E-state index in [-0.39, 0.29) is 0 Å². The van der Waals surface area contributed by atoms with Crippen LogP contribution in [0, 0.1) is 11.3 Å². The Kier molecular flexibility index (Phi) is 7.99. The van der Waals surface area contributed by atoms with Crippen molar-refractivity contribution >= 4 is 11.8 Å². The molecule has 0 N–H and O–H groups in total. The molecule has 0 amide bonds. The van der Waals surface area contributed by atoms with Gasteiger partial charge >= 0.3 is 0 Å². The van der Waals surface area contributed by atoms with Gasteiger partial charge in [-0.1, -0.05) is 176 Å². The summed E-state index contributed by atoms with van der Waals surface area (Å²) in [7, 11) is 0. The summed E-state index contributed by atoms with van der Waals surface area (Å²) in [5.41, 5.74) is 14.8.